The third-order valence-electron chi connectivity index (χ3n) is 5.07. The second kappa shape index (κ2) is 10.8. The van der Waals surface area contributed by atoms with Crippen molar-refractivity contribution in [3.63, 3.8) is 0 Å². The van der Waals surface area contributed by atoms with Gasteiger partial charge in [-0.15, -0.1) is 0 Å². The zero-order valence-corrected chi connectivity index (χ0v) is 20.0. The lowest BCUT2D eigenvalue weighted by Crippen LogP contribution is -2.02. The molecule has 1 N–H and O–H groups in total. The molecular formula is C26H22BrN3O4. The summed E-state index contributed by atoms with van der Waals surface area (Å²) in [5.41, 5.74) is 5.42. The number of nitrogens with one attached hydrogen (secondary N) is 1. The first-order chi connectivity index (χ1) is 16.5. The molecule has 0 atom stereocenters. The predicted octanol–water partition coefficient (Wildman–Crippen LogP) is 6.93. The number of anilines is 1. The van der Waals surface area contributed by atoms with E-state index in [0.717, 1.165) is 21.0 Å². The highest BCUT2D eigenvalue weighted by Crippen LogP contribution is 2.37. The first-order valence-electron chi connectivity index (χ1n) is 10.6. The number of halogens is 1. The summed E-state index contributed by atoms with van der Waals surface area (Å²) in [6.07, 6.45) is 1.64. The number of nitro benzene ring substituents is 1. The number of ether oxygens (including phenoxy) is 2. The molecule has 0 amide bonds. The van der Waals surface area contributed by atoms with Gasteiger partial charge >= 0.3 is 0 Å². The van der Waals surface area contributed by atoms with Gasteiger partial charge in [-0.25, -0.2) is 0 Å². The SMILES string of the molecule is CCOc1cc(C=NNc2ccc([N+](=O)[O-])cc2)cc(Br)c1OCc1cccc2ccccc12. The van der Waals surface area contributed by atoms with Gasteiger partial charge in [0.1, 0.15) is 6.61 Å². The van der Waals surface area contributed by atoms with Crippen molar-refractivity contribution in [2.45, 2.75) is 13.5 Å². The molecule has 0 aliphatic rings. The molecule has 0 unspecified atom stereocenters. The monoisotopic (exact) mass is 519 g/mol. The molecule has 0 aliphatic carbocycles. The summed E-state index contributed by atoms with van der Waals surface area (Å²) in [5.74, 6) is 1.23. The quantitative estimate of drug-likeness (QED) is 0.147. The van der Waals surface area contributed by atoms with Crippen molar-refractivity contribution in [1.82, 2.24) is 0 Å². The van der Waals surface area contributed by atoms with Gasteiger partial charge in [0, 0.05) is 12.1 Å². The third kappa shape index (κ3) is 5.52. The van der Waals surface area contributed by atoms with Crippen LogP contribution in [0.3, 0.4) is 0 Å². The zero-order valence-electron chi connectivity index (χ0n) is 18.4. The molecule has 4 aromatic carbocycles. The number of fused-ring (bicyclic) bond motifs is 1. The Labute approximate surface area is 205 Å². The van der Waals surface area contributed by atoms with E-state index in [0.29, 0.717) is 30.4 Å². The smallest absolute Gasteiger partial charge is 0.269 e. The van der Waals surface area contributed by atoms with Crippen LogP contribution in [0.5, 0.6) is 11.5 Å². The van der Waals surface area contributed by atoms with Gasteiger partial charge in [0.25, 0.3) is 5.69 Å². The molecule has 34 heavy (non-hydrogen) atoms. The van der Waals surface area contributed by atoms with Crippen molar-refractivity contribution >= 4 is 44.3 Å². The molecule has 0 saturated heterocycles. The van der Waals surface area contributed by atoms with Gasteiger partial charge in [-0.2, -0.15) is 5.10 Å². The van der Waals surface area contributed by atoms with Crippen LogP contribution in [0, 0.1) is 10.1 Å². The number of hydrogen-bond acceptors (Lipinski definition) is 6. The minimum atomic E-state index is -0.441. The number of nitro groups is 1. The summed E-state index contributed by atoms with van der Waals surface area (Å²) in [4.78, 5) is 10.3. The van der Waals surface area contributed by atoms with Gasteiger partial charge < -0.3 is 9.47 Å². The third-order valence-corrected chi connectivity index (χ3v) is 5.66. The predicted molar refractivity (Wildman–Crippen MR) is 138 cm³/mol. The summed E-state index contributed by atoms with van der Waals surface area (Å²) >= 11 is 3.60. The summed E-state index contributed by atoms with van der Waals surface area (Å²) in [6.45, 7) is 2.80. The van der Waals surface area contributed by atoms with E-state index in [9.17, 15) is 10.1 Å². The van der Waals surface area contributed by atoms with Crippen molar-refractivity contribution in [3.8, 4) is 11.5 Å². The Morgan fingerprint density at radius 2 is 1.79 bits per heavy atom. The van der Waals surface area contributed by atoms with Crippen LogP contribution in [0.15, 0.2) is 88.4 Å². The molecule has 0 heterocycles. The topological polar surface area (TPSA) is 86.0 Å². The van der Waals surface area contributed by atoms with Crippen LogP contribution in [0.2, 0.25) is 0 Å². The highest BCUT2D eigenvalue weighted by atomic mass is 79.9. The van der Waals surface area contributed by atoms with Crippen molar-refractivity contribution in [2.24, 2.45) is 5.10 Å². The lowest BCUT2D eigenvalue weighted by Gasteiger charge is -2.15. The van der Waals surface area contributed by atoms with E-state index in [2.05, 4.69) is 50.7 Å². The number of non-ortho nitro benzene ring substituents is 1. The van der Waals surface area contributed by atoms with E-state index in [1.54, 1.807) is 18.3 Å². The molecule has 8 heteroatoms. The lowest BCUT2D eigenvalue weighted by atomic mass is 10.1. The largest absolute Gasteiger partial charge is 0.490 e. The Morgan fingerprint density at radius 1 is 1.03 bits per heavy atom. The van der Waals surface area contributed by atoms with E-state index in [1.165, 1.54) is 17.5 Å². The summed E-state index contributed by atoms with van der Waals surface area (Å²) in [7, 11) is 0. The Bertz CT molecular complexity index is 1330. The summed E-state index contributed by atoms with van der Waals surface area (Å²) < 4.78 is 12.8. The van der Waals surface area contributed by atoms with Crippen molar-refractivity contribution in [3.05, 3.63) is 105 Å². The fraction of sp³-hybridized carbons (Fsp3) is 0.115. The van der Waals surface area contributed by atoms with Gasteiger partial charge in [-0.1, -0.05) is 42.5 Å². The van der Waals surface area contributed by atoms with Gasteiger partial charge in [0.15, 0.2) is 11.5 Å². The van der Waals surface area contributed by atoms with Gasteiger partial charge in [0.05, 0.1) is 27.9 Å². The highest BCUT2D eigenvalue weighted by molar-refractivity contribution is 9.10. The minimum Gasteiger partial charge on any atom is -0.490 e. The van der Waals surface area contributed by atoms with E-state index >= 15 is 0 Å². The van der Waals surface area contributed by atoms with E-state index in [1.807, 2.05) is 37.3 Å². The Kier molecular flexibility index (Phi) is 7.39. The van der Waals surface area contributed by atoms with Crippen molar-refractivity contribution < 1.29 is 14.4 Å². The number of benzene rings is 4. The normalized spacial score (nSPS) is 11.0. The fourth-order valence-corrected chi connectivity index (χ4v) is 4.05. The second-order valence-electron chi connectivity index (χ2n) is 7.36. The first-order valence-corrected chi connectivity index (χ1v) is 11.4. The maximum Gasteiger partial charge on any atom is 0.269 e. The summed E-state index contributed by atoms with van der Waals surface area (Å²) in [5, 5.41) is 17.3. The number of hydrazone groups is 1. The van der Waals surface area contributed by atoms with Gasteiger partial charge in [0.2, 0.25) is 0 Å². The van der Waals surface area contributed by atoms with Crippen LogP contribution in [-0.4, -0.2) is 17.7 Å². The molecule has 0 bridgehead atoms. The molecule has 4 aromatic rings. The molecule has 172 valence electrons. The van der Waals surface area contributed by atoms with Crippen molar-refractivity contribution in [1.29, 1.82) is 0 Å². The van der Waals surface area contributed by atoms with Crippen LogP contribution >= 0.6 is 15.9 Å². The Hall–Kier alpha value is -3.91. The fourth-order valence-electron chi connectivity index (χ4n) is 3.47. The van der Waals surface area contributed by atoms with Crippen LogP contribution in [0.25, 0.3) is 10.8 Å². The van der Waals surface area contributed by atoms with Gasteiger partial charge in [-0.05, 0) is 69.0 Å². The van der Waals surface area contributed by atoms with Crippen LogP contribution < -0.4 is 14.9 Å². The van der Waals surface area contributed by atoms with Crippen LogP contribution in [0.4, 0.5) is 11.4 Å². The molecule has 0 saturated carbocycles. The standard InChI is InChI=1S/C26H22BrN3O4/c1-2-33-25-15-18(16-28-29-21-10-12-22(13-11-21)30(31)32)14-24(27)26(25)34-17-20-8-5-7-19-6-3-4-9-23(19)20/h3-16,29H,2,17H2,1H3. The Balaban J connectivity index is 1.50. The minimum absolute atomic E-state index is 0.0268. The van der Waals surface area contributed by atoms with E-state index in [4.69, 9.17) is 9.47 Å². The second-order valence-corrected chi connectivity index (χ2v) is 8.22. The summed E-state index contributed by atoms with van der Waals surface area (Å²) in [6, 6.07) is 24.2. The van der Waals surface area contributed by atoms with Crippen molar-refractivity contribution in [2.75, 3.05) is 12.0 Å². The van der Waals surface area contributed by atoms with Crippen LogP contribution in [0.1, 0.15) is 18.1 Å². The molecule has 7 nitrogen and oxygen atoms in total. The van der Waals surface area contributed by atoms with Crippen LogP contribution in [-0.2, 0) is 6.61 Å². The maximum atomic E-state index is 10.8. The highest BCUT2D eigenvalue weighted by Gasteiger charge is 2.13. The molecule has 0 radical (unpaired) electrons. The number of rotatable bonds is 9. The molecule has 4 rings (SSSR count). The maximum absolute atomic E-state index is 10.8. The van der Waals surface area contributed by atoms with Gasteiger partial charge in [-0.3, -0.25) is 15.5 Å². The first kappa shape index (κ1) is 23.3. The molecule has 0 aliphatic heterocycles. The average Bonchev–Trinajstić information content (AvgIpc) is 2.84. The number of hydrogen-bond donors (Lipinski definition) is 1. The zero-order chi connectivity index (χ0) is 23.9. The Morgan fingerprint density at radius 3 is 2.56 bits per heavy atom. The molecule has 0 fully saturated rings. The van der Waals surface area contributed by atoms with E-state index in [-0.39, 0.29) is 5.69 Å². The average molecular weight is 520 g/mol. The number of nitrogens with zero attached hydrogens (tertiary/aromatic N) is 2. The van der Waals surface area contributed by atoms with E-state index < -0.39 is 4.92 Å². The lowest BCUT2D eigenvalue weighted by molar-refractivity contribution is -0.384. The molecule has 0 aromatic heterocycles. The molecular weight excluding hydrogens is 498 g/mol. The molecule has 0 spiro atoms.